The lowest BCUT2D eigenvalue weighted by molar-refractivity contribution is -0.139. The average molecular weight is 539 g/mol. The van der Waals surface area contributed by atoms with Gasteiger partial charge in [-0.2, -0.15) is 0 Å². The molecule has 10 heteroatoms. The number of ether oxygens (including phenoxy) is 3. The number of hydrogen-bond acceptors (Lipinski definition) is 8. The van der Waals surface area contributed by atoms with Gasteiger partial charge in [-0.25, -0.2) is 9.59 Å². The number of allylic oxidation sites excluding steroid dienone is 1. The third-order valence-electron chi connectivity index (χ3n) is 6.45. The van der Waals surface area contributed by atoms with Gasteiger partial charge >= 0.3 is 11.9 Å². The second-order valence-corrected chi connectivity index (χ2v) is 9.00. The van der Waals surface area contributed by atoms with Gasteiger partial charge in [-0.05, 0) is 38.1 Å². The molecule has 0 fully saturated rings. The van der Waals surface area contributed by atoms with E-state index < -0.39 is 29.7 Å². The SMILES string of the molecule is CCOC(=O)C1=C(OCCN2C(=O)c3ccccc3C2=O)N(c2ccccc2Cl)C(C)=C(C(=O)OC)C1C. The molecule has 0 aromatic heterocycles. The van der Waals surface area contributed by atoms with Gasteiger partial charge in [0.25, 0.3) is 11.8 Å². The van der Waals surface area contributed by atoms with Crippen LogP contribution in [0.3, 0.4) is 0 Å². The van der Waals surface area contributed by atoms with Crippen LogP contribution in [0, 0.1) is 5.92 Å². The Kier molecular flexibility index (Phi) is 7.87. The zero-order chi connectivity index (χ0) is 27.6. The van der Waals surface area contributed by atoms with Crippen LogP contribution in [-0.4, -0.2) is 55.5 Å². The minimum Gasteiger partial charge on any atom is -0.476 e. The molecule has 2 heterocycles. The third-order valence-corrected chi connectivity index (χ3v) is 6.77. The highest BCUT2D eigenvalue weighted by atomic mass is 35.5. The third kappa shape index (κ3) is 4.65. The summed E-state index contributed by atoms with van der Waals surface area (Å²) in [5.74, 6) is -2.78. The smallest absolute Gasteiger partial charge is 0.340 e. The number of nitrogens with zero attached hydrogens (tertiary/aromatic N) is 2. The Morgan fingerprint density at radius 1 is 0.947 bits per heavy atom. The van der Waals surface area contributed by atoms with Crippen molar-refractivity contribution in [2.45, 2.75) is 20.8 Å². The fourth-order valence-corrected chi connectivity index (χ4v) is 4.90. The summed E-state index contributed by atoms with van der Waals surface area (Å²) in [4.78, 5) is 54.3. The first kappa shape index (κ1) is 26.9. The van der Waals surface area contributed by atoms with Gasteiger partial charge in [0.1, 0.15) is 12.2 Å². The van der Waals surface area contributed by atoms with Gasteiger partial charge in [0.05, 0.1) is 47.7 Å². The molecule has 0 aliphatic carbocycles. The van der Waals surface area contributed by atoms with Crippen LogP contribution in [-0.2, 0) is 23.8 Å². The Bertz CT molecular complexity index is 1350. The highest BCUT2D eigenvalue weighted by Crippen LogP contribution is 2.42. The quantitative estimate of drug-likeness (QED) is 0.361. The van der Waals surface area contributed by atoms with Crippen LogP contribution in [0.25, 0.3) is 0 Å². The van der Waals surface area contributed by atoms with Gasteiger partial charge in [-0.1, -0.05) is 42.8 Å². The van der Waals surface area contributed by atoms with E-state index >= 15 is 0 Å². The number of esters is 2. The molecule has 2 aromatic carbocycles. The summed E-state index contributed by atoms with van der Waals surface area (Å²) in [5, 5.41) is 0.343. The van der Waals surface area contributed by atoms with E-state index in [-0.39, 0.29) is 36.8 Å². The Hall–Kier alpha value is -4.11. The van der Waals surface area contributed by atoms with Crippen molar-refractivity contribution in [3.8, 4) is 0 Å². The molecule has 0 saturated carbocycles. The van der Waals surface area contributed by atoms with Crippen LogP contribution >= 0.6 is 11.6 Å². The Morgan fingerprint density at radius 2 is 1.55 bits per heavy atom. The summed E-state index contributed by atoms with van der Waals surface area (Å²) in [7, 11) is 1.26. The van der Waals surface area contributed by atoms with Gasteiger partial charge in [0.2, 0.25) is 5.88 Å². The normalized spacial score (nSPS) is 17.1. The lowest BCUT2D eigenvalue weighted by atomic mass is 9.87. The number of imide groups is 1. The van der Waals surface area contributed by atoms with Crippen molar-refractivity contribution >= 4 is 41.0 Å². The first-order chi connectivity index (χ1) is 18.2. The van der Waals surface area contributed by atoms with Crippen molar-refractivity contribution in [3.05, 3.63) is 87.4 Å². The molecule has 1 atom stereocenters. The lowest BCUT2D eigenvalue weighted by Crippen LogP contribution is -2.39. The number of methoxy groups -OCH3 is 1. The molecule has 2 aliphatic heterocycles. The maximum absolute atomic E-state index is 13.2. The summed E-state index contributed by atoms with van der Waals surface area (Å²) in [6.07, 6.45) is 0. The summed E-state index contributed by atoms with van der Waals surface area (Å²) in [6.45, 7) is 4.95. The molecule has 0 saturated heterocycles. The Balaban J connectivity index is 1.74. The standard InChI is InChI=1S/C28H27ClN2O7/c1-5-37-28(35)23-16(2)22(27(34)36-4)17(3)31(21-13-9-8-12-20(21)29)26(23)38-15-14-30-24(32)18-10-6-7-11-19(18)25(30)33/h6-13,16H,5,14-15H2,1-4H3. The number of anilines is 1. The van der Waals surface area contributed by atoms with Crippen molar-refractivity contribution < 1.29 is 33.4 Å². The number of benzene rings is 2. The van der Waals surface area contributed by atoms with Crippen LogP contribution in [0.5, 0.6) is 0 Å². The number of rotatable bonds is 8. The van der Waals surface area contributed by atoms with E-state index in [4.69, 9.17) is 25.8 Å². The van der Waals surface area contributed by atoms with Crippen LogP contribution in [0.2, 0.25) is 5.02 Å². The van der Waals surface area contributed by atoms with Crippen LogP contribution < -0.4 is 4.90 Å². The molecule has 2 aliphatic rings. The maximum Gasteiger partial charge on any atom is 0.340 e. The number of para-hydroxylation sites is 1. The van der Waals surface area contributed by atoms with E-state index in [2.05, 4.69) is 0 Å². The molecule has 9 nitrogen and oxygen atoms in total. The second-order valence-electron chi connectivity index (χ2n) is 8.59. The zero-order valence-electron chi connectivity index (χ0n) is 21.4. The van der Waals surface area contributed by atoms with E-state index in [0.717, 1.165) is 4.90 Å². The van der Waals surface area contributed by atoms with E-state index in [1.54, 1.807) is 74.2 Å². The predicted octanol–water partition coefficient (Wildman–Crippen LogP) is 4.33. The van der Waals surface area contributed by atoms with Gasteiger partial charge in [-0.3, -0.25) is 19.4 Å². The van der Waals surface area contributed by atoms with E-state index in [1.165, 1.54) is 7.11 Å². The number of carbonyl (C=O) groups excluding carboxylic acids is 4. The van der Waals surface area contributed by atoms with Crippen LogP contribution in [0.15, 0.2) is 71.3 Å². The predicted molar refractivity (Wildman–Crippen MR) is 139 cm³/mol. The van der Waals surface area contributed by atoms with E-state index in [0.29, 0.717) is 27.5 Å². The molecular formula is C28H27ClN2O7. The number of hydrogen-bond donors (Lipinski definition) is 0. The fourth-order valence-electron chi connectivity index (χ4n) is 4.68. The number of carbonyl (C=O) groups is 4. The van der Waals surface area contributed by atoms with Crippen LogP contribution in [0.4, 0.5) is 5.69 Å². The highest BCUT2D eigenvalue weighted by Gasteiger charge is 2.41. The van der Waals surface area contributed by atoms with Crippen molar-refractivity contribution in [1.82, 2.24) is 4.90 Å². The van der Waals surface area contributed by atoms with Crippen LogP contribution in [0.1, 0.15) is 41.5 Å². The molecule has 1 unspecified atom stereocenters. The van der Waals surface area contributed by atoms with Gasteiger partial charge in [0.15, 0.2) is 0 Å². The van der Waals surface area contributed by atoms with Gasteiger partial charge in [-0.15, -0.1) is 0 Å². The number of amides is 2. The maximum atomic E-state index is 13.2. The first-order valence-electron chi connectivity index (χ1n) is 12.1. The number of fused-ring (bicyclic) bond motifs is 1. The summed E-state index contributed by atoms with van der Waals surface area (Å²) >= 11 is 6.53. The molecule has 198 valence electrons. The molecule has 2 aromatic rings. The fraction of sp³-hybridized carbons (Fsp3) is 0.286. The molecule has 0 radical (unpaired) electrons. The average Bonchev–Trinajstić information content (AvgIpc) is 3.14. The van der Waals surface area contributed by atoms with Crippen molar-refractivity contribution in [2.75, 3.05) is 31.8 Å². The minimum absolute atomic E-state index is 0.0662. The molecular weight excluding hydrogens is 512 g/mol. The largest absolute Gasteiger partial charge is 0.476 e. The zero-order valence-corrected chi connectivity index (χ0v) is 22.2. The van der Waals surface area contributed by atoms with Crippen molar-refractivity contribution in [1.29, 1.82) is 0 Å². The summed E-state index contributed by atoms with van der Waals surface area (Å²) in [5.41, 5.74) is 1.88. The highest BCUT2D eigenvalue weighted by molar-refractivity contribution is 6.33. The van der Waals surface area contributed by atoms with E-state index in [9.17, 15) is 19.2 Å². The molecule has 2 amide bonds. The van der Waals surface area contributed by atoms with Gasteiger partial charge in [0, 0.05) is 11.6 Å². The molecule has 0 N–H and O–H groups in total. The minimum atomic E-state index is -0.741. The Labute approximate surface area is 225 Å². The molecule has 38 heavy (non-hydrogen) atoms. The topological polar surface area (TPSA) is 102 Å². The summed E-state index contributed by atoms with van der Waals surface area (Å²) < 4.78 is 16.5. The lowest BCUT2D eigenvalue weighted by Gasteiger charge is -2.37. The number of halogens is 1. The van der Waals surface area contributed by atoms with Gasteiger partial charge < -0.3 is 14.2 Å². The monoisotopic (exact) mass is 538 g/mol. The second kappa shape index (κ2) is 11.1. The molecule has 0 spiro atoms. The molecule has 0 bridgehead atoms. The van der Waals surface area contributed by atoms with Crippen molar-refractivity contribution in [2.24, 2.45) is 5.92 Å². The summed E-state index contributed by atoms with van der Waals surface area (Å²) in [6, 6.07) is 13.5. The Morgan fingerprint density at radius 3 is 2.13 bits per heavy atom. The van der Waals surface area contributed by atoms with Crippen molar-refractivity contribution in [3.63, 3.8) is 0 Å². The first-order valence-corrected chi connectivity index (χ1v) is 12.4. The van der Waals surface area contributed by atoms with E-state index in [1.807, 2.05) is 0 Å². The molecule has 4 rings (SSSR count).